The van der Waals surface area contributed by atoms with Gasteiger partial charge >= 0.3 is 0 Å². The topological polar surface area (TPSA) is 9.23 Å². The smallest absolute Gasteiger partial charge is 0.0675 e. The van der Waals surface area contributed by atoms with Gasteiger partial charge in [-0.15, -0.1) is 0 Å². The fraction of sp³-hybridized carbons (Fsp3) is 1.00. The van der Waals surface area contributed by atoms with Crippen molar-refractivity contribution < 1.29 is 4.74 Å². The Labute approximate surface area is 77.6 Å². The van der Waals surface area contributed by atoms with Gasteiger partial charge in [0.2, 0.25) is 0 Å². The highest BCUT2D eigenvalue weighted by molar-refractivity contribution is 9.09. The summed E-state index contributed by atoms with van der Waals surface area (Å²) in [6.07, 6.45) is 1.67. The predicted molar refractivity (Wildman–Crippen MR) is 51.1 cm³/mol. The summed E-state index contributed by atoms with van der Waals surface area (Å²) in [4.78, 5) is 0. The van der Waals surface area contributed by atoms with Crippen LogP contribution >= 0.6 is 15.9 Å². The van der Waals surface area contributed by atoms with Crippen molar-refractivity contribution in [3.8, 4) is 0 Å². The number of rotatable bonds is 1. The first-order chi connectivity index (χ1) is 5.04. The molecule has 0 spiro atoms. The molecule has 1 heterocycles. The molecule has 0 aromatic rings. The van der Waals surface area contributed by atoms with Gasteiger partial charge in [-0.3, -0.25) is 0 Å². The van der Waals surface area contributed by atoms with Crippen LogP contribution in [0.4, 0.5) is 0 Å². The first-order valence-corrected chi connectivity index (χ1v) is 5.33. The van der Waals surface area contributed by atoms with Gasteiger partial charge in [0.15, 0.2) is 0 Å². The Morgan fingerprint density at radius 1 is 1.45 bits per heavy atom. The van der Waals surface area contributed by atoms with Gasteiger partial charge in [-0.1, -0.05) is 36.7 Å². The lowest BCUT2D eigenvalue weighted by atomic mass is 9.80. The van der Waals surface area contributed by atoms with Crippen LogP contribution in [-0.2, 0) is 4.74 Å². The lowest BCUT2D eigenvalue weighted by Crippen LogP contribution is -2.20. The largest absolute Gasteiger partial charge is 0.377 e. The second-order valence-corrected chi connectivity index (χ2v) is 5.06. The Kier molecular flexibility index (Phi) is 2.98. The number of hydrogen-bond acceptors (Lipinski definition) is 1. The molecule has 0 amide bonds. The van der Waals surface area contributed by atoms with Gasteiger partial charge in [0.1, 0.15) is 0 Å². The van der Waals surface area contributed by atoms with Crippen LogP contribution in [-0.4, -0.2) is 18.0 Å². The van der Waals surface area contributed by atoms with Crippen molar-refractivity contribution >= 4 is 15.9 Å². The van der Waals surface area contributed by atoms with E-state index < -0.39 is 0 Å². The van der Waals surface area contributed by atoms with Crippen LogP contribution in [0.1, 0.15) is 27.2 Å². The van der Waals surface area contributed by atoms with E-state index in [0.29, 0.717) is 11.5 Å². The molecule has 0 saturated carbocycles. The van der Waals surface area contributed by atoms with Crippen molar-refractivity contribution in [2.24, 2.45) is 11.3 Å². The zero-order valence-corrected chi connectivity index (χ0v) is 9.15. The molecule has 66 valence electrons. The number of alkyl halides is 1. The van der Waals surface area contributed by atoms with E-state index in [0.717, 1.165) is 17.9 Å². The maximum absolute atomic E-state index is 5.59. The average molecular weight is 221 g/mol. The second-order valence-electron chi connectivity index (χ2n) is 4.41. The van der Waals surface area contributed by atoms with Crippen molar-refractivity contribution in [1.82, 2.24) is 0 Å². The summed E-state index contributed by atoms with van der Waals surface area (Å²) in [7, 11) is 0. The minimum absolute atomic E-state index is 0.414. The first-order valence-electron chi connectivity index (χ1n) is 4.21. The Hall–Kier alpha value is 0.440. The molecule has 2 heteroatoms. The van der Waals surface area contributed by atoms with E-state index in [2.05, 4.69) is 36.7 Å². The zero-order valence-electron chi connectivity index (χ0n) is 7.56. The third-order valence-corrected chi connectivity index (χ3v) is 3.20. The Bertz CT molecular complexity index is 128. The molecule has 1 aliphatic rings. The van der Waals surface area contributed by atoms with Crippen molar-refractivity contribution in [3.05, 3.63) is 0 Å². The van der Waals surface area contributed by atoms with Crippen LogP contribution in [0.15, 0.2) is 0 Å². The molecule has 1 nitrogen and oxygen atoms in total. The highest BCUT2D eigenvalue weighted by Crippen LogP contribution is 2.35. The van der Waals surface area contributed by atoms with E-state index in [1.807, 2.05) is 0 Å². The molecule has 0 radical (unpaired) electrons. The average Bonchev–Trinajstić information content (AvgIpc) is 2.32. The minimum atomic E-state index is 0.414. The van der Waals surface area contributed by atoms with E-state index in [4.69, 9.17) is 4.74 Å². The van der Waals surface area contributed by atoms with Crippen molar-refractivity contribution in [1.29, 1.82) is 0 Å². The van der Waals surface area contributed by atoms with Crippen LogP contribution in [0.2, 0.25) is 0 Å². The monoisotopic (exact) mass is 220 g/mol. The number of hydrogen-bond donors (Lipinski definition) is 0. The minimum Gasteiger partial charge on any atom is -0.377 e. The summed E-state index contributed by atoms with van der Waals surface area (Å²) < 4.78 is 5.59. The van der Waals surface area contributed by atoms with E-state index >= 15 is 0 Å². The molecule has 11 heavy (non-hydrogen) atoms. The van der Waals surface area contributed by atoms with Crippen molar-refractivity contribution in [3.63, 3.8) is 0 Å². The van der Waals surface area contributed by atoms with Crippen LogP contribution in [0.5, 0.6) is 0 Å². The number of halogens is 1. The van der Waals surface area contributed by atoms with Gasteiger partial charge in [-0.05, 0) is 17.8 Å². The Morgan fingerprint density at radius 3 is 2.36 bits per heavy atom. The summed E-state index contributed by atoms with van der Waals surface area (Å²) >= 11 is 3.45. The van der Waals surface area contributed by atoms with E-state index in [1.54, 1.807) is 0 Å². The maximum Gasteiger partial charge on any atom is 0.0675 e. The molecule has 1 saturated heterocycles. The van der Waals surface area contributed by atoms with E-state index in [-0.39, 0.29) is 0 Å². The summed E-state index contributed by atoms with van der Waals surface area (Å²) in [5.41, 5.74) is 0.414. The summed E-state index contributed by atoms with van der Waals surface area (Å²) in [5, 5.41) is 0.986. The molecular formula is C9H17BrO. The summed E-state index contributed by atoms with van der Waals surface area (Å²) in [5.74, 6) is 0.741. The third kappa shape index (κ3) is 2.45. The Balaban J connectivity index is 2.42. The van der Waals surface area contributed by atoms with Crippen molar-refractivity contribution in [2.45, 2.75) is 33.3 Å². The molecule has 0 aromatic heterocycles. The summed E-state index contributed by atoms with van der Waals surface area (Å²) in [6, 6.07) is 0. The van der Waals surface area contributed by atoms with E-state index in [1.165, 1.54) is 6.42 Å². The molecular weight excluding hydrogens is 204 g/mol. The third-order valence-electron chi connectivity index (χ3n) is 2.48. The SMILES string of the molecule is CC(C)(C)[C@H]1CO[C@H](CBr)C1. The molecule has 0 N–H and O–H groups in total. The van der Waals surface area contributed by atoms with Gasteiger partial charge in [0.05, 0.1) is 12.7 Å². The van der Waals surface area contributed by atoms with Gasteiger partial charge in [0.25, 0.3) is 0 Å². The van der Waals surface area contributed by atoms with Crippen LogP contribution in [0, 0.1) is 11.3 Å². The molecule has 2 atom stereocenters. The van der Waals surface area contributed by atoms with Gasteiger partial charge < -0.3 is 4.74 Å². The van der Waals surface area contributed by atoms with Crippen LogP contribution < -0.4 is 0 Å². The standard InChI is InChI=1S/C9H17BrO/c1-9(2,3)7-4-8(5-10)11-6-7/h7-8H,4-6H2,1-3H3/t7-,8+/m1/s1. The van der Waals surface area contributed by atoms with Gasteiger partial charge in [-0.2, -0.15) is 0 Å². The summed E-state index contributed by atoms with van der Waals surface area (Å²) in [6.45, 7) is 7.81. The van der Waals surface area contributed by atoms with Crippen molar-refractivity contribution in [2.75, 3.05) is 11.9 Å². The second kappa shape index (κ2) is 3.44. The highest BCUT2D eigenvalue weighted by atomic mass is 79.9. The fourth-order valence-electron chi connectivity index (χ4n) is 1.42. The maximum atomic E-state index is 5.59. The lowest BCUT2D eigenvalue weighted by molar-refractivity contribution is 0.111. The Morgan fingerprint density at radius 2 is 2.09 bits per heavy atom. The molecule has 1 rings (SSSR count). The van der Waals surface area contributed by atoms with Gasteiger partial charge in [-0.25, -0.2) is 0 Å². The quantitative estimate of drug-likeness (QED) is 0.618. The molecule has 1 fully saturated rings. The zero-order chi connectivity index (χ0) is 8.48. The van der Waals surface area contributed by atoms with Gasteiger partial charge in [0, 0.05) is 5.33 Å². The highest BCUT2D eigenvalue weighted by Gasteiger charge is 2.32. The molecule has 0 unspecified atom stereocenters. The normalized spacial score (nSPS) is 32.7. The fourth-order valence-corrected chi connectivity index (χ4v) is 1.87. The lowest BCUT2D eigenvalue weighted by Gasteiger charge is -2.25. The molecule has 0 bridgehead atoms. The molecule has 0 aliphatic carbocycles. The molecule has 0 aromatic carbocycles. The molecule has 1 aliphatic heterocycles. The number of ether oxygens (including phenoxy) is 1. The predicted octanol–water partition coefficient (Wildman–Crippen LogP) is 2.83. The van der Waals surface area contributed by atoms with E-state index in [9.17, 15) is 0 Å². The van der Waals surface area contributed by atoms with Crippen LogP contribution in [0.25, 0.3) is 0 Å². The first kappa shape index (κ1) is 9.53. The van der Waals surface area contributed by atoms with Crippen LogP contribution in [0.3, 0.4) is 0 Å².